The van der Waals surface area contributed by atoms with Gasteiger partial charge in [0.15, 0.2) is 10.8 Å². The van der Waals surface area contributed by atoms with Gasteiger partial charge in [-0.2, -0.15) is 5.10 Å². The number of hydrogen-bond acceptors (Lipinski definition) is 7. The molecule has 1 amide bonds. The Kier molecular flexibility index (Phi) is 4.28. The maximum absolute atomic E-state index is 13.5. The molecule has 2 fully saturated rings. The van der Waals surface area contributed by atoms with E-state index in [2.05, 4.69) is 10.3 Å². The monoisotopic (exact) mass is 425 g/mol. The van der Waals surface area contributed by atoms with Crippen molar-refractivity contribution in [3.05, 3.63) is 34.3 Å². The highest BCUT2D eigenvalue weighted by Crippen LogP contribution is 2.41. The second kappa shape index (κ2) is 7.02. The van der Waals surface area contributed by atoms with Gasteiger partial charge in [0, 0.05) is 41.8 Å². The molecule has 156 valence electrons. The summed E-state index contributed by atoms with van der Waals surface area (Å²) in [4.78, 5) is 21.3. The van der Waals surface area contributed by atoms with Gasteiger partial charge in [-0.05, 0) is 38.5 Å². The molecule has 9 heteroatoms. The number of hydrogen-bond donors (Lipinski definition) is 0. The fourth-order valence-electron chi connectivity index (χ4n) is 4.35. The van der Waals surface area contributed by atoms with E-state index in [0.29, 0.717) is 23.3 Å². The third-order valence-electron chi connectivity index (χ3n) is 6.21. The summed E-state index contributed by atoms with van der Waals surface area (Å²) >= 11 is 1.59. The van der Waals surface area contributed by atoms with Gasteiger partial charge in [0.25, 0.3) is 5.91 Å². The number of ether oxygens (including phenoxy) is 1. The van der Waals surface area contributed by atoms with Gasteiger partial charge in [0.1, 0.15) is 5.76 Å². The lowest BCUT2D eigenvalue weighted by Crippen LogP contribution is -2.37. The zero-order valence-corrected chi connectivity index (χ0v) is 17.7. The van der Waals surface area contributed by atoms with Crippen LogP contribution in [0, 0.1) is 0 Å². The van der Waals surface area contributed by atoms with Crippen LogP contribution in [0.4, 0.5) is 5.13 Å². The van der Waals surface area contributed by atoms with Crippen LogP contribution in [0.2, 0.25) is 0 Å². The first kappa shape index (κ1) is 18.3. The molecule has 3 aromatic heterocycles. The SMILES string of the molecule is Cn1ncc2c1CCc1sc(N(CC3CCCO3)C(=O)c3cc(C4CC4)on3)nc1-2. The van der Waals surface area contributed by atoms with Gasteiger partial charge >= 0.3 is 0 Å². The van der Waals surface area contributed by atoms with Crippen LogP contribution in [0.3, 0.4) is 0 Å². The van der Waals surface area contributed by atoms with E-state index in [1.54, 1.807) is 22.3 Å². The minimum atomic E-state index is -0.168. The molecule has 2 aliphatic carbocycles. The smallest absolute Gasteiger partial charge is 0.282 e. The van der Waals surface area contributed by atoms with Gasteiger partial charge in [0.05, 0.1) is 24.5 Å². The van der Waals surface area contributed by atoms with Crippen molar-refractivity contribution in [3.63, 3.8) is 0 Å². The van der Waals surface area contributed by atoms with Gasteiger partial charge in [-0.1, -0.05) is 5.16 Å². The Morgan fingerprint density at radius 2 is 2.23 bits per heavy atom. The van der Waals surface area contributed by atoms with Gasteiger partial charge in [-0.15, -0.1) is 11.3 Å². The molecule has 1 saturated heterocycles. The molecular formula is C21H23N5O3S. The second-order valence-corrected chi connectivity index (χ2v) is 9.40. The quantitative estimate of drug-likeness (QED) is 0.623. The summed E-state index contributed by atoms with van der Waals surface area (Å²) in [7, 11) is 1.96. The highest BCUT2D eigenvalue weighted by atomic mass is 32.1. The summed E-state index contributed by atoms with van der Waals surface area (Å²) in [6.45, 7) is 1.23. The summed E-state index contributed by atoms with van der Waals surface area (Å²) in [6.07, 6.45) is 7.95. The Morgan fingerprint density at radius 1 is 1.33 bits per heavy atom. The molecule has 0 N–H and O–H groups in total. The molecule has 1 aliphatic heterocycles. The van der Waals surface area contributed by atoms with E-state index < -0.39 is 0 Å². The molecule has 0 bridgehead atoms. The Hall–Kier alpha value is -2.52. The molecule has 3 aromatic rings. The van der Waals surface area contributed by atoms with Crippen molar-refractivity contribution >= 4 is 22.4 Å². The van der Waals surface area contributed by atoms with Crippen molar-refractivity contribution in [3.8, 4) is 11.3 Å². The van der Waals surface area contributed by atoms with Crippen molar-refractivity contribution in [2.75, 3.05) is 18.1 Å². The van der Waals surface area contributed by atoms with Crippen molar-refractivity contribution in [2.45, 2.75) is 50.5 Å². The Bertz CT molecular complexity index is 1110. The summed E-state index contributed by atoms with van der Waals surface area (Å²) in [5, 5.41) is 9.18. The van der Waals surface area contributed by atoms with E-state index in [0.717, 1.165) is 62.1 Å². The standard InChI is InChI=1S/C21H23N5O3S/c1-25-16-6-7-18-19(14(16)10-22-25)23-21(30-18)26(11-13-3-2-8-28-13)20(27)15-9-17(29-24-15)12-4-5-12/h9-10,12-13H,2-8,11H2,1H3. The van der Waals surface area contributed by atoms with Crippen LogP contribution in [0.25, 0.3) is 11.3 Å². The minimum absolute atomic E-state index is 0.0265. The number of anilines is 1. The zero-order valence-electron chi connectivity index (χ0n) is 16.8. The van der Waals surface area contributed by atoms with Gasteiger partial charge < -0.3 is 9.26 Å². The van der Waals surface area contributed by atoms with Gasteiger partial charge in [0.2, 0.25) is 0 Å². The molecule has 0 spiro atoms. The van der Waals surface area contributed by atoms with E-state index in [-0.39, 0.29) is 12.0 Å². The normalized spacial score (nSPS) is 20.2. The van der Waals surface area contributed by atoms with E-state index >= 15 is 0 Å². The van der Waals surface area contributed by atoms with E-state index in [1.165, 1.54) is 10.6 Å². The van der Waals surface area contributed by atoms with Crippen LogP contribution >= 0.6 is 11.3 Å². The lowest BCUT2D eigenvalue weighted by Gasteiger charge is -2.22. The molecule has 6 rings (SSSR count). The van der Waals surface area contributed by atoms with Crippen molar-refractivity contribution < 1.29 is 14.1 Å². The number of amides is 1. The fourth-order valence-corrected chi connectivity index (χ4v) is 5.43. The number of rotatable bonds is 5. The molecule has 30 heavy (non-hydrogen) atoms. The summed E-state index contributed by atoms with van der Waals surface area (Å²) < 4.78 is 13.2. The average molecular weight is 426 g/mol. The van der Waals surface area contributed by atoms with Crippen molar-refractivity contribution in [2.24, 2.45) is 7.05 Å². The van der Waals surface area contributed by atoms with E-state index in [1.807, 2.05) is 17.9 Å². The lowest BCUT2D eigenvalue weighted by molar-refractivity contribution is 0.0910. The topological polar surface area (TPSA) is 86.3 Å². The first-order valence-corrected chi connectivity index (χ1v) is 11.4. The second-order valence-electron chi connectivity index (χ2n) is 8.34. The lowest BCUT2D eigenvalue weighted by atomic mass is 10.0. The maximum atomic E-state index is 13.5. The highest BCUT2D eigenvalue weighted by Gasteiger charge is 2.33. The zero-order chi connectivity index (χ0) is 20.2. The molecular weight excluding hydrogens is 402 g/mol. The Labute approximate surface area is 177 Å². The maximum Gasteiger partial charge on any atom is 0.282 e. The Morgan fingerprint density at radius 3 is 3.03 bits per heavy atom. The number of aryl methyl sites for hydroxylation is 2. The first-order valence-electron chi connectivity index (χ1n) is 10.6. The summed E-state index contributed by atoms with van der Waals surface area (Å²) in [5.41, 5.74) is 3.57. The average Bonchev–Trinajstić information content (AvgIpc) is 3.19. The molecule has 1 atom stereocenters. The molecule has 0 aromatic carbocycles. The van der Waals surface area contributed by atoms with Crippen LogP contribution < -0.4 is 4.90 Å². The Balaban J connectivity index is 1.35. The van der Waals surface area contributed by atoms with Crippen molar-refractivity contribution in [1.82, 2.24) is 19.9 Å². The first-order chi connectivity index (χ1) is 14.7. The highest BCUT2D eigenvalue weighted by molar-refractivity contribution is 7.16. The predicted octanol–water partition coefficient (Wildman–Crippen LogP) is 3.33. The number of carbonyl (C=O) groups is 1. The number of thiazole rings is 1. The van der Waals surface area contributed by atoms with Crippen LogP contribution in [0.1, 0.15) is 58.4 Å². The predicted molar refractivity (Wildman–Crippen MR) is 111 cm³/mol. The van der Waals surface area contributed by atoms with E-state index in [9.17, 15) is 4.79 Å². The number of aromatic nitrogens is 4. The number of nitrogens with zero attached hydrogens (tertiary/aromatic N) is 5. The molecule has 1 saturated carbocycles. The minimum Gasteiger partial charge on any atom is -0.376 e. The van der Waals surface area contributed by atoms with Gasteiger partial charge in [-0.25, -0.2) is 4.98 Å². The summed E-state index contributed by atoms with van der Waals surface area (Å²) in [6, 6.07) is 1.80. The van der Waals surface area contributed by atoms with Crippen LogP contribution in [0.5, 0.6) is 0 Å². The van der Waals surface area contributed by atoms with Gasteiger partial charge in [-0.3, -0.25) is 14.4 Å². The van der Waals surface area contributed by atoms with Crippen LogP contribution in [0.15, 0.2) is 16.8 Å². The molecule has 1 unspecified atom stereocenters. The van der Waals surface area contributed by atoms with Crippen molar-refractivity contribution in [1.29, 1.82) is 0 Å². The summed E-state index contributed by atoms with van der Waals surface area (Å²) in [5.74, 6) is 1.06. The third kappa shape index (κ3) is 3.07. The molecule has 4 heterocycles. The fraction of sp³-hybridized carbons (Fsp3) is 0.524. The largest absolute Gasteiger partial charge is 0.376 e. The molecule has 3 aliphatic rings. The third-order valence-corrected chi connectivity index (χ3v) is 7.34. The van der Waals surface area contributed by atoms with Crippen LogP contribution in [-0.4, -0.2) is 45.1 Å². The molecule has 0 radical (unpaired) electrons. The number of carbonyl (C=O) groups excluding carboxylic acids is 1. The number of fused-ring (bicyclic) bond motifs is 3. The van der Waals surface area contributed by atoms with Crippen LogP contribution in [-0.2, 0) is 24.6 Å². The van der Waals surface area contributed by atoms with E-state index in [4.69, 9.17) is 14.2 Å². The molecule has 8 nitrogen and oxygen atoms in total.